The molecule has 0 aliphatic carbocycles. The number of nitrogens with zero attached hydrogens (tertiary/aromatic N) is 2. The van der Waals surface area contributed by atoms with Crippen LogP contribution in [0.25, 0.3) is 0 Å². The zero-order chi connectivity index (χ0) is 13.7. The number of hydrogen-bond donors (Lipinski definition) is 2. The summed E-state index contributed by atoms with van der Waals surface area (Å²) in [5, 5.41) is 6.48. The lowest BCUT2D eigenvalue weighted by atomic mass is 10.0. The largest absolute Gasteiger partial charge is 0.353 e. The van der Waals surface area contributed by atoms with Crippen molar-refractivity contribution in [2.45, 2.75) is 37.8 Å². The van der Waals surface area contributed by atoms with Gasteiger partial charge in [-0.25, -0.2) is 0 Å². The maximum absolute atomic E-state index is 12.3. The fourth-order valence-electron chi connectivity index (χ4n) is 3.17. The summed E-state index contributed by atoms with van der Waals surface area (Å²) in [4.78, 5) is 16.8. The summed E-state index contributed by atoms with van der Waals surface area (Å²) in [7, 11) is 4.06. The van der Waals surface area contributed by atoms with Gasteiger partial charge in [-0.3, -0.25) is 9.69 Å². The van der Waals surface area contributed by atoms with Crippen molar-refractivity contribution in [2.24, 2.45) is 0 Å². The average molecular weight is 268 g/mol. The van der Waals surface area contributed by atoms with Crippen molar-refractivity contribution >= 4 is 5.91 Å². The van der Waals surface area contributed by atoms with Crippen LogP contribution in [0.4, 0.5) is 0 Å². The number of rotatable bonds is 5. The summed E-state index contributed by atoms with van der Waals surface area (Å²) >= 11 is 0. The molecule has 2 rings (SSSR count). The first-order valence-corrected chi connectivity index (χ1v) is 7.57. The van der Waals surface area contributed by atoms with E-state index in [1.54, 1.807) is 0 Å². The molecule has 0 radical (unpaired) electrons. The lowest BCUT2D eigenvalue weighted by Crippen LogP contribution is -2.51. The molecule has 2 aliphatic heterocycles. The molecule has 0 aromatic heterocycles. The van der Waals surface area contributed by atoms with Gasteiger partial charge in [-0.2, -0.15) is 0 Å². The Labute approximate surface area is 116 Å². The van der Waals surface area contributed by atoms with Crippen LogP contribution in [0.15, 0.2) is 0 Å². The van der Waals surface area contributed by atoms with Crippen molar-refractivity contribution in [1.29, 1.82) is 0 Å². The monoisotopic (exact) mass is 268 g/mol. The number of carbonyl (C=O) groups excluding carboxylic acids is 1. The van der Waals surface area contributed by atoms with Crippen LogP contribution in [0, 0.1) is 0 Å². The number of piperidine rings is 1. The van der Waals surface area contributed by atoms with Gasteiger partial charge in [-0.05, 0) is 59.4 Å². The van der Waals surface area contributed by atoms with Crippen LogP contribution in [0.5, 0.6) is 0 Å². The van der Waals surface area contributed by atoms with Crippen molar-refractivity contribution in [1.82, 2.24) is 20.4 Å². The van der Waals surface area contributed by atoms with E-state index in [-0.39, 0.29) is 11.9 Å². The smallest absolute Gasteiger partial charge is 0.237 e. The Hall–Kier alpha value is -0.650. The van der Waals surface area contributed by atoms with E-state index >= 15 is 0 Å². The molecule has 5 nitrogen and oxygen atoms in total. The average Bonchev–Trinajstić information content (AvgIpc) is 2.88. The summed E-state index contributed by atoms with van der Waals surface area (Å²) in [5.41, 5.74) is 0. The minimum absolute atomic E-state index is 0.116. The second-order valence-electron chi connectivity index (χ2n) is 5.97. The summed E-state index contributed by atoms with van der Waals surface area (Å²) in [6.07, 6.45) is 4.55. The zero-order valence-corrected chi connectivity index (χ0v) is 12.3. The van der Waals surface area contributed by atoms with Crippen LogP contribution in [0.2, 0.25) is 0 Å². The number of nitrogens with one attached hydrogen (secondary N) is 2. The van der Waals surface area contributed by atoms with Crippen LogP contribution >= 0.6 is 0 Å². The van der Waals surface area contributed by atoms with E-state index in [4.69, 9.17) is 0 Å². The van der Waals surface area contributed by atoms with E-state index in [0.717, 1.165) is 45.6 Å². The van der Waals surface area contributed by atoms with Gasteiger partial charge < -0.3 is 15.5 Å². The third-order valence-corrected chi connectivity index (χ3v) is 4.23. The number of likely N-dealkylation sites (N-methyl/N-ethyl adjacent to an activating group) is 1. The molecule has 0 aromatic rings. The van der Waals surface area contributed by atoms with E-state index in [1.807, 2.05) is 14.1 Å². The molecule has 1 unspecified atom stereocenters. The van der Waals surface area contributed by atoms with Crippen LogP contribution in [0.3, 0.4) is 0 Å². The third-order valence-electron chi connectivity index (χ3n) is 4.23. The van der Waals surface area contributed by atoms with Gasteiger partial charge in [-0.1, -0.05) is 0 Å². The van der Waals surface area contributed by atoms with Crippen LogP contribution in [-0.2, 0) is 4.79 Å². The Kier molecular flexibility index (Phi) is 5.60. The fourth-order valence-corrected chi connectivity index (χ4v) is 3.17. The number of carbonyl (C=O) groups is 1. The number of amides is 1. The molecule has 0 bridgehead atoms. The van der Waals surface area contributed by atoms with Gasteiger partial charge in [0.05, 0.1) is 6.04 Å². The molecule has 19 heavy (non-hydrogen) atoms. The fraction of sp³-hybridized carbons (Fsp3) is 0.929. The van der Waals surface area contributed by atoms with Gasteiger partial charge in [0.1, 0.15) is 0 Å². The highest BCUT2D eigenvalue weighted by Gasteiger charge is 2.35. The molecule has 1 amide bonds. The van der Waals surface area contributed by atoms with Crippen LogP contribution in [0.1, 0.15) is 25.7 Å². The van der Waals surface area contributed by atoms with E-state index < -0.39 is 0 Å². The summed E-state index contributed by atoms with van der Waals surface area (Å²) in [6, 6.07) is 0.721. The van der Waals surface area contributed by atoms with E-state index in [9.17, 15) is 4.79 Å². The maximum Gasteiger partial charge on any atom is 0.237 e. The van der Waals surface area contributed by atoms with Crippen LogP contribution in [-0.4, -0.2) is 74.6 Å². The third kappa shape index (κ3) is 4.16. The van der Waals surface area contributed by atoms with E-state index in [0.29, 0.717) is 6.04 Å². The summed E-state index contributed by atoms with van der Waals surface area (Å²) in [6.45, 7) is 4.94. The molecule has 110 valence electrons. The molecule has 0 saturated carbocycles. The van der Waals surface area contributed by atoms with Gasteiger partial charge in [-0.15, -0.1) is 0 Å². The first-order chi connectivity index (χ1) is 9.18. The van der Waals surface area contributed by atoms with Crippen LogP contribution < -0.4 is 10.6 Å². The second kappa shape index (κ2) is 7.22. The quantitative estimate of drug-likeness (QED) is 0.730. The highest BCUT2D eigenvalue weighted by Crippen LogP contribution is 2.24. The highest BCUT2D eigenvalue weighted by molar-refractivity contribution is 5.82. The second-order valence-corrected chi connectivity index (χ2v) is 5.97. The Bertz CT molecular complexity index is 289. The Balaban J connectivity index is 1.81. The molecule has 1 atom stereocenters. The summed E-state index contributed by atoms with van der Waals surface area (Å²) < 4.78 is 0. The predicted molar refractivity (Wildman–Crippen MR) is 77.2 cm³/mol. The molecule has 2 N–H and O–H groups in total. The van der Waals surface area contributed by atoms with Gasteiger partial charge in [0.15, 0.2) is 0 Å². The Morgan fingerprint density at radius 2 is 2.05 bits per heavy atom. The zero-order valence-electron chi connectivity index (χ0n) is 12.3. The maximum atomic E-state index is 12.3. The first-order valence-electron chi connectivity index (χ1n) is 7.57. The minimum Gasteiger partial charge on any atom is -0.353 e. The Morgan fingerprint density at radius 3 is 2.74 bits per heavy atom. The SMILES string of the molecule is CN(C)CCNC(=O)C1CCCN1C1CCNCC1. The first kappa shape index (κ1) is 14.8. The lowest BCUT2D eigenvalue weighted by molar-refractivity contribution is -0.126. The van der Waals surface area contributed by atoms with Crippen molar-refractivity contribution in [3.05, 3.63) is 0 Å². The number of hydrogen-bond acceptors (Lipinski definition) is 4. The topological polar surface area (TPSA) is 47.6 Å². The molecule has 2 saturated heterocycles. The molecular formula is C14H28N4O. The molecular weight excluding hydrogens is 240 g/mol. The molecule has 0 aromatic carbocycles. The molecule has 2 fully saturated rings. The van der Waals surface area contributed by atoms with E-state index in [2.05, 4.69) is 20.4 Å². The molecule has 5 heteroatoms. The summed E-state index contributed by atoms with van der Waals surface area (Å²) in [5.74, 6) is 0.234. The minimum atomic E-state index is 0.116. The van der Waals surface area contributed by atoms with Crippen molar-refractivity contribution < 1.29 is 4.79 Å². The molecule has 2 heterocycles. The van der Waals surface area contributed by atoms with Gasteiger partial charge in [0.2, 0.25) is 5.91 Å². The Morgan fingerprint density at radius 1 is 1.32 bits per heavy atom. The lowest BCUT2D eigenvalue weighted by Gasteiger charge is -2.35. The van der Waals surface area contributed by atoms with Gasteiger partial charge >= 0.3 is 0 Å². The van der Waals surface area contributed by atoms with Crippen molar-refractivity contribution in [3.63, 3.8) is 0 Å². The standard InChI is InChI=1S/C14H28N4O/c1-17(2)11-9-16-14(19)13-4-3-10-18(13)12-5-7-15-8-6-12/h12-13,15H,3-11H2,1-2H3,(H,16,19). The van der Waals surface area contributed by atoms with Crippen molar-refractivity contribution in [3.8, 4) is 0 Å². The number of likely N-dealkylation sites (tertiary alicyclic amines) is 1. The molecule has 2 aliphatic rings. The highest BCUT2D eigenvalue weighted by atomic mass is 16.2. The molecule has 0 spiro atoms. The van der Waals surface area contributed by atoms with Gasteiger partial charge in [0.25, 0.3) is 0 Å². The predicted octanol–water partition coefficient (Wildman–Crippen LogP) is -0.119. The van der Waals surface area contributed by atoms with Crippen molar-refractivity contribution in [2.75, 3.05) is 46.8 Å². The normalized spacial score (nSPS) is 25.9. The van der Waals surface area contributed by atoms with Gasteiger partial charge in [0, 0.05) is 19.1 Å². The van der Waals surface area contributed by atoms with E-state index in [1.165, 1.54) is 12.8 Å².